The van der Waals surface area contributed by atoms with E-state index in [-0.39, 0.29) is 17.3 Å². The van der Waals surface area contributed by atoms with Crippen LogP contribution in [0, 0.1) is 5.82 Å². The van der Waals surface area contributed by atoms with E-state index in [1.165, 1.54) is 15.2 Å². The van der Waals surface area contributed by atoms with Gasteiger partial charge in [-0.1, -0.05) is 11.6 Å². The van der Waals surface area contributed by atoms with E-state index in [4.69, 9.17) is 17.3 Å². The van der Waals surface area contributed by atoms with Crippen LogP contribution in [0.3, 0.4) is 0 Å². The van der Waals surface area contributed by atoms with Crippen LogP contribution in [-0.2, 0) is 23.0 Å². The SMILES string of the molecule is Nc1cc(Cl)c(F)c(S(=O)(=O)N2CCc3sccc3C2)c1. The van der Waals surface area contributed by atoms with E-state index in [0.717, 1.165) is 11.6 Å². The molecule has 0 bridgehead atoms. The average molecular weight is 347 g/mol. The number of benzene rings is 1. The topological polar surface area (TPSA) is 63.4 Å². The maximum Gasteiger partial charge on any atom is 0.246 e. The molecule has 0 fully saturated rings. The molecule has 4 nitrogen and oxygen atoms in total. The largest absolute Gasteiger partial charge is 0.399 e. The number of nitrogen functional groups attached to an aromatic ring is 1. The summed E-state index contributed by atoms with van der Waals surface area (Å²) in [6.45, 7) is 0.564. The fraction of sp³-hybridized carbons (Fsp3) is 0.231. The normalized spacial score (nSPS) is 15.9. The summed E-state index contributed by atoms with van der Waals surface area (Å²) >= 11 is 7.30. The molecule has 0 radical (unpaired) electrons. The number of hydrogen-bond acceptors (Lipinski definition) is 4. The molecular weight excluding hydrogens is 335 g/mol. The molecule has 3 rings (SSSR count). The Morgan fingerprint density at radius 2 is 2.14 bits per heavy atom. The number of sulfonamides is 1. The lowest BCUT2D eigenvalue weighted by Gasteiger charge is -2.26. The van der Waals surface area contributed by atoms with Crippen LogP contribution in [-0.4, -0.2) is 19.3 Å². The molecule has 0 atom stereocenters. The minimum absolute atomic E-state index is 0.119. The number of nitrogens with zero attached hydrogens (tertiary/aromatic N) is 1. The molecule has 2 aromatic rings. The summed E-state index contributed by atoms with van der Waals surface area (Å²) in [5.41, 5.74) is 6.66. The van der Waals surface area contributed by atoms with Crippen LogP contribution in [0.5, 0.6) is 0 Å². The smallest absolute Gasteiger partial charge is 0.246 e. The second-order valence-corrected chi connectivity index (χ2v) is 8.09. The second-order valence-electron chi connectivity index (χ2n) is 4.77. The van der Waals surface area contributed by atoms with Crippen LogP contribution in [0.2, 0.25) is 5.02 Å². The zero-order valence-corrected chi connectivity index (χ0v) is 13.2. The summed E-state index contributed by atoms with van der Waals surface area (Å²) in [6, 6.07) is 4.20. The predicted molar refractivity (Wildman–Crippen MR) is 81.4 cm³/mol. The Hall–Kier alpha value is -1.15. The highest BCUT2D eigenvalue weighted by Gasteiger charge is 2.32. The van der Waals surface area contributed by atoms with Crippen molar-refractivity contribution in [1.82, 2.24) is 4.31 Å². The fourth-order valence-electron chi connectivity index (χ4n) is 2.34. The van der Waals surface area contributed by atoms with Crippen molar-refractivity contribution in [3.8, 4) is 0 Å². The van der Waals surface area contributed by atoms with Crippen LogP contribution in [0.1, 0.15) is 10.4 Å². The summed E-state index contributed by atoms with van der Waals surface area (Å²) in [4.78, 5) is 0.707. The average Bonchev–Trinajstić information content (AvgIpc) is 2.89. The lowest BCUT2D eigenvalue weighted by molar-refractivity contribution is 0.391. The van der Waals surface area contributed by atoms with Gasteiger partial charge in [-0.2, -0.15) is 4.31 Å². The van der Waals surface area contributed by atoms with Crippen LogP contribution < -0.4 is 5.73 Å². The number of halogens is 2. The molecule has 2 N–H and O–H groups in total. The quantitative estimate of drug-likeness (QED) is 0.850. The Labute approximate surface area is 131 Å². The summed E-state index contributed by atoms with van der Waals surface area (Å²) in [5.74, 6) is -0.956. The minimum Gasteiger partial charge on any atom is -0.399 e. The summed E-state index contributed by atoms with van der Waals surface area (Å²) in [7, 11) is -3.96. The summed E-state index contributed by atoms with van der Waals surface area (Å²) in [6.07, 6.45) is 0.629. The van der Waals surface area contributed by atoms with Crippen molar-refractivity contribution in [1.29, 1.82) is 0 Å². The van der Waals surface area contributed by atoms with Gasteiger partial charge in [0.2, 0.25) is 10.0 Å². The Kier molecular flexibility index (Phi) is 3.69. The molecule has 21 heavy (non-hydrogen) atoms. The van der Waals surface area contributed by atoms with Gasteiger partial charge in [0, 0.05) is 23.7 Å². The summed E-state index contributed by atoms with van der Waals surface area (Å²) < 4.78 is 40.6. The Morgan fingerprint density at radius 3 is 2.90 bits per heavy atom. The van der Waals surface area contributed by atoms with Gasteiger partial charge >= 0.3 is 0 Å². The first-order chi connectivity index (χ1) is 9.89. The van der Waals surface area contributed by atoms with Crippen molar-refractivity contribution in [2.24, 2.45) is 0 Å². The van der Waals surface area contributed by atoms with E-state index in [0.29, 0.717) is 13.0 Å². The molecule has 0 amide bonds. The van der Waals surface area contributed by atoms with Crippen LogP contribution in [0.15, 0.2) is 28.5 Å². The lowest BCUT2D eigenvalue weighted by Crippen LogP contribution is -2.35. The number of nitrogens with two attached hydrogens (primary N) is 1. The van der Waals surface area contributed by atoms with E-state index in [1.807, 2.05) is 11.4 Å². The van der Waals surface area contributed by atoms with Gasteiger partial charge < -0.3 is 5.73 Å². The molecule has 1 aromatic heterocycles. The van der Waals surface area contributed by atoms with Crippen molar-refractivity contribution in [2.75, 3.05) is 12.3 Å². The van der Waals surface area contributed by atoms with Crippen molar-refractivity contribution in [3.05, 3.63) is 44.9 Å². The third kappa shape index (κ3) is 2.55. The molecule has 2 heterocycles. The third-order valence-corrected chi connectivity index (χ3v) is 6.55. The molecule has 1 aliphatic heterocycles. The van der Waals surface area contributed by atoms with Gasteiger partial charge in [0.15, 0.2) is 5.82 Å². The Bertz CT molecular complexity index is 804. The van der Waals surface area contributed by atoms with Gasteiger partial charge in [-0.25, -0.2) is 12.8 Å². The van der Waals surface area contributed by atoms with Crippen molar-refractivity contribution >= 4 is 38.6 Å². The predicted octanol–water partition coefficient (Wildman–Crippen LogP) is 2.87. The minimum atomic E-state index is -3.96. The van der Waals surface area contributed by atoms with Crippen LogP contribution in [0.25, 0.3) is 0 Å². The maximum absolute atomic E-state index is 14.1. The van der Waals surface area contributed by atoms with Gasteiger partial charge in [0.1, 0.15) is 4.90 Å². The van der Waals surface area contributed by atoms with E-state index in [2.05, 4.69) is 0 Å². The van der Waals surface area contributed by atoms with Gasteiger partial charge in [0.25, 0.3) is 0 Å². The number of fused-ring (bicyclic) bond motifs is 1. The number of rotatable bonds is 2. The molecule has 0 unspecified atom stereocenters. The van der Waals surface area contributed by atoms with E-state index in [1.54, 1.807) is 11.3 Å². The molecule has 0 spiro atoms. The van der Waals surface area contributed by atoms with Crippen molar-refractivity contribution in [2.45, 2.75) is 17.9 Å². The first-order valence-electron chi connectivity index (χ1n) is 6.19. The highest BCUT2D eigenvalue weighted by molar-refractivity contribution is 7.89. The number of hydrogen-bond donors (Lipinski definition) is 1. The van der Waals surface area contributed by atoms with Gasteiger partial charge in [-0.15, -0.1) is 11.3 Å². The highest BCUT2D eigenvalue weighted by Crippen LogP contribution is 2.32. The zero-order chi connectivity index (χ0) is 15.2. The standard InChI is InChI=1S/C13H12ClFN2O2S2/c14-10-5-9(16)6-12(13(10)15)21(18,19)17-3-1-11-8(7-17)2-4-20-11/h2,4-6H,1,3,7,16H2. The molecule has 0 aliphatic carbocycles. The second kappa shape index (κ2) is 5.24. The van der Waals surface area contributed by atoms with E-state index < -0.39 is 20.7 Å². The van der Waals surface area contributed by atoms with E-state index in [9.17, 15) is 12.8 Å². The molecule has 8 heteroatoms. The zero-order valence-electron chi connectivity index (χ0n) is 10.8. The monoisotopic (exact) mass is 346 g/mol. The van der Waals surface area contributed by atoms with E-state index >= 15 is 0 Å². The third-order valence-electron chi connectivity index (χ3n) is 3.41. The van der Waals surface area contributed by atoms with Gasteiger partial charge in [-0.3, -0.25) is 0 Å². The molecule has 0 saturated carbocycles. The molecular formula is C13H12ClFN2O2S2. The number of anilines is 1. The van der Waals surface area contributed by atoms with Crippen LogP contribution in [0.4, 0.5) is 10.1 Å². The lowest BCUT2D eigenvalue weighted by atomic mass is 10.1. The van der Waals surface area contributed by atoms with Gasteiger partial charge in [0.05, 0.1) is 5.02 Å². The first-order valence-corrected chi connectivity index (χ1v) is 8.89. The molecule has 1 aliphatic rings. The molecule has 0 saturated heterocycles. The highest BCUT2D eigenvalue weighted by atomic mass is 35.5. The van der Waals surface area contributed by atoms with Crippen LogP contribution >= 0.6 is 22.9 Å². The fourth-order valence-corrected chi connectivity index (χ4v) is 5.05. The number of thiophene rings is 1. The first kappa shape index (κ1) is 14.8. The van der Waals surface area contributed by atoms with Crippen molar-refractivity contribution < 1.29 is 12.8 Å². The molecule has 112 valence electrons. The Balaban J connectivity index is 2.03. The van der Waals surface area contributed by atoms with Gasteiger partial charge in [-0.05, 0) is 35.6 Å². The molecule has 1 aromatic carbocycles. The Morgan fingerprint density at radius 1 is 1.38 bits per heavy atom. The summed E-state index contributed by atoms with van der Waals surface area (Å²) in [5, 5.41) is 1.64. The van der Waals surface area contributed by atoms with Crippen molar-refractivity contribution in [3.63, 3.8) is 0 Å². The maximum atomic E-state index is 14.1.